The van der Waals surface area contributed by atoms with Crippen molar-refractivity contribution in [2.24, 2.45) is 0 Å². The first-order valence-electron chi connectivity index (χ1n) is 8.16. The zero-order chi connectivity index (χ0) is 19.0. The second-order valence-corrected chi connectivity index (χ2v) is 8.96. The summed E-state index contributed by atoms with van der Waals surface area (Å²) in [5, 5.41) is 13.0. The van der Waals surface area contributed by atoms with Gasteiger partial charge in [-0.15, -0.1) is 0 Å². The molecule has 5 nitrogen and oxygen atoms in total. The number of nitrogens with zero attached hydrogens (tertiary/aromatic N) is 1. The number of phenols is 1. The Kier molecular flexibility index (Phi) is 4.41. The number of anilines is 1. The van der Waals surface area contributed by atoms with Gasteiger partial charge >= 0.3 is 0 Å². The van der Waals surface area contributed by atoms with Crippen molar-refractivity contribution in [2.75, 3.05) is 11.0 Å². The number of sulfonamides is 1. The van der Waals surface area contributed by atoms with Crippen molar-refractivity contribution in [1.82, 2.24) is 4.98 Å². The third-order valence-electron chi connectivity index (χ3n) is 4.09. The van der Waals surface area contributed by atoms with E-state index >= 15 is 0 Å². The van der Waals surface area contributed by atoms with E-state index in [2.05, 4.69) is 9.71 Å². The fourth-order valence-electron chi connectivity index (χ4n) is 2.97. The molecule has 136 valence electrons. The topological polar surface area (TPSA) is 79.3 Å². The first-order valence-corrected chi connectivity index (χ1v) is 10.9. The van der Waals surface area contributed by atoms with Gasteiger partial charge in [-0.25, -0.2) is 8.42 Å². The molecule has 0 bridgehead atoms. The summed E-state index contributed by atoms with van der Waals surface area (Å²) in [6.07, 6.45) is 2.83. The van der Waals surface area contributed by atoms with Gasteiger partial charge in [-0.3, -0.25) is 9.71 Å². The number of fused-ring (bicyclic) bond motifs is 2. The van der Waals surface area contributed by atoms with E-state index in [4.69, 9.17) is 0 Å². The van der Waals surface area contributed by atoms with Crippen LogP contribution in [0.25, 0.3) is 21.7 Å². The van der Waals surface area contributed by atoms with Crippen LogP contribution >= 0.6 is 11.8 Å². The molecule has 1 aromatic heterocycles. The summed E-state index contributed by atoms with van der Waals surface area (Å²) in [6.45, 7) is 0. The number of phenolic OH excluding ortho intramolecular Hbond substituents is 1. The predicted molar refractivity (Wildman–Crippen MR) is 110 cm³/mol. The average molecular weight is 396 g/mol. The van der Waals surface area contributed by atoms with E-state index in [1.807, 2.05) is 30.3 Å². The van der Waals surface area contributed by atoms with Gasteiger partial charge in [0.15, 0.2) is 0 Å². The minimum absolute atomic E-state index is 0.114. The van der Waals surface area contributed by atoms with Gasteiger partial charge in [0.1, 0.15) is 5.75 Å². The Balaban J connectivity index is 1.90. The highest BCUT2D eigenvalue weighted by molar-refractivity contribution is 7.99. The molecule has 27 heavy (non-hydrogen) atoms. The smallest absolute Gasteiger partial charge is 0.229 e. The number of aromatic nitrogens is 1. The van der Waals surface area contributed by atoms with Gasteiger partial charge in [-0.1, -0.05) is 54.2 Å². The van der Waals surface area contributed by atoms with Gasteiger partial charge in [-0.05, 0) is 18.2 Å². The molecule has 2 N–H and O–H groups in total. The molecule has 0 unspecified atom stereocenters. The molecule has 3 aromatic carbocycles. The highest BCUT2D eigenvalue weighted by Gasteiger charge is 2.15. The molecule has 0 aliphatic rings. The Morgan fingerprint density at radius 3 is 2.48 bits per heavy atom. The summed E-state index contributed by atoms with van der Waals surface area (Å²) in [6, 6.07) is 18.5. The van der Waals surface area contributed by atoms with Gasteiger partial charge in [0.25, 0.3) is 0 Å². The molecule has 0 saturated heterocycles. The summed E-state index contributed by atoms with van der Waals surface area (Å²) in [5.74, 6) is 0.114. The van der Waals surface area contributed by atoms with Crippen molar-refractivity contribution in [3.8, 4) is 5.75 Å². The summed E-state index contributed by atoms with van der Waals surface area (Å²) in [5.41, 5.74) is 1.26. The Morgan fingerprint density at radius 1 is 0.963 bits per heavy atom. The molecule has 0 spiro atoms. The maximum Gasteiger partial charge on any atom is 0.229 e. The molecular formula is C20H16N2O3S2. The number of nitrogens with one attached hydrogen (secondary N) is 1. The van der Waals surface area contributed by atoms with Gasteiger partial charge < -0.3 is 5.11 Å². The second kappa shape index (κ2) is 6.75. The van der Waals surface area contributed by atoms with Gasteiger partial charge in [0.05, 0.1) is 22.4 Å². The summed E-state index contributed by atoms with van der Waals surface area (Å²) >= 11 is 1.35. The minimum Gasteiger partial charge on any atom is -0.506 e. The molecule has 4 rings (SSSR count). The lowest BCUT2D eigenvalue weighted by Gasteiger charge is -2.14. The van der Waals surface area contributed by atoms with Crippen molar-refractivity contribution < 1.29 is 13.5 Å². The number of hydrogen-bond acceptors (Lipinski definition) is 5. The average Bonchev–Trinajstić information content (AvgIpc) is 2.65. The predicted octanol–water partition coefficient (Wildman–Crippen LogP) is 4.62. The van der Waals surface area contributed by atoms with Crippen LogP contribution in [-0.2, 0) is 10.0 Å². The van der Waals surface area contributed by atoms with Crippen LogP contribution in [0.4, 0.5) is 5.69 Å². The molecule has 0 atom stereocenters. The third kappa shape index (κ3) is 3.56. The van der Waals surface area contributed by atoms with Crippen molar-refractivity contribution in [3.05, 3.63) is 66.9 Å². The minimum atomic E-state index is -3.46. The van der Waals surface area contributed by atoms with E-state index in [0.29, 0.717) is 21.4 Å². The summed E-state index contributed by atoms with van der Waals surface area (Å²) < 4.78 is 26.1. The maximum absolute atomic E-state index is 11.8. The Hall–Kier alpha value is -2.77. The number of para-hydroxylation sites is 1. The lowest BCUT2D eigenvalue weighted by atomic mass is 10.1. The Morgan fingerprint density at radius 2 is 1.70 bits per heavy atom. The quantitative estimate of drug-likeness (QED) is 0.492. The molecule has 0 radical (unpaired) electrons. The van der Waals surface area contributed by atoms with Gasteiger partial charge in [-0.2, -0.15) is 0 Å². The molecule has 0 fully saturated rings. The van der Waals surface area contributed by atoms with Crippen molar-refractivity contribution in [1.29, 1.82) is 0 Å². The molecule has 0 aliphatic carbocycles. The Bertz CT molecular complexity index is 1270. The molecule has 1 heterocycles. The summed E-state index contributed by atoms with van der Waals surface area (Å²) in [7, 11) is -3.46. The van der Waals surface area contributed by atoms with Crippen LogP contribution in [0.3, 0.4) is 0 Å². The molecule has 7 heteroatoms. The van der Waals surface area contributed by atoms with Crippen LogP contribution in [0.2, 0.25) is 0 Å². The fraction of sp³-hybridized carbons (Fsp3) is 0.0500. The second-order valence-electron chi connectivity index (χ2n) is 6.12. The van der Waals surface area contributed by atoms with E-state index < -0.39 is 10.0 Å². The molecule has 4 aromatic rings. The number of aromatic hydroxyl groups is 1. The first-order chi connectivity index (χ1) is 12.9. The molecule has 0 saturated carbocycles. The maximum atomic E-state index is 11.8. The largest absolute Gasteiger partial charge is 0.506 e. The van der Waals surface area contributed by atoms with Crippen molar-refractivity contribution in [2.45, 2.75) is 9.79 Å². The van der Waals surface area contributed by atoms with Crippen molar-refractivity contribution in [3.63, 3.8) is 0 Å². The van der Waals surface area contributed by atoms with Gasteiger partial charge in [0.2, 0.25) is 10.0 Å². The normalized spacial score (nSPS) is 11.7. The van der Waals surface area contributed by atoms with Crippen LogP contribution in [0, 0.1) is 0 Å². The van der Waals surface area contributed by atoms with Crippen LogP contribution in [0.5, 0.6) is 5.75 Å². The monoisotopic (exact) mass is 396 g/mol. The molecule has 0 amide bonds. The highest BCUT2D eigenvalue weighted by atomic mass is 32.2. The standard InChI is InChI=1S/C20H16N2O3S2/c1-27(24,25)22-16-12-18(20(23)15-9-3-2-8-14(15)16)26-17-10-4-6-13-7-5-11-21-19(13)17/h2-12,22-23H,1H3. The fourth-order valence-corrected chi connectivity index (χ4v) is 4.58. The Labute approximate surface area is 161 Å². The van der Waals surface area contributed by atoms with Gasteiger partial charge in [0, 0.05) is 27.3 Å². The van der Waals surface area contributed by atoms with Crippen LogP contribution < -0.4 is 4.72 Å². The van der Waals surface area contributed by atoms with E-state index in [9.17, 15) is 13.5 Å². The molecule has 0 aliphatic heterocycles. The highest BCUT2D eigenvalue weighted by Crippen LogP contribution is 2.43. The lowest BCUT2D eigenvalue weighted by Crippen LogP contribution is -2.10. The molecular weight excluding hydrogens is 380 g/mol. The van der Waals surface area contributed by atoms with Crippen molar-refractivity contribution >= 4 is 49.1 Å². The number of pyridine rings is 1. The zero-order valence-electron chi connectivity index (χ0n) is 14.4. The third-order valence-corrected chi connectivity index (χ3v) is 5.76. The first kappa shape index (κ1) is 17.6. The SMILES string of the molecule is CS(=O)(=O)Nc1cc(Sc2cccc3cccnc23)c(O)c2ccccc12. The van der Waals surface area contributed by atoms with Crippen LogP contribution in [0.15, 0.2) is 76.7 Å². The van der Waals surface area contributed by atoms with E-state index in [-0.39, 0.29) is 5.75 Å². The summed E-state index contributed by atoms with van der Waals surface area (Å²) in [4.78, 5) is 5.87. The van der Waals surface area contributed by atoms with E-state index in [1.165, 1.54) is 11.8 Å². The van der Waals surface area contributed by atoms with Crippen LogP contribution in [0.1, 0.15) is 0 Å². The number of hydrogen-bond donors (Lipinski definition) is 2. The van der Waals surface area contributed by atoms with Crippen LogP contribution in [-0.4, -0.2) is 24.8 Å². The van der Waals surface area contributed by atoms with E-state index in [0.717, 1.165) is 22.1 Å². The number of rotatable bonds is 4. The number of benzene rings is 3. The lowest BCUT2D eigenvalue weighted by molar-refractivity contribution is 0.469. The van der Waals surface area contributed by atoms with E-state index in [1.54, 1.807) is 36.5 Å². The zero-order valence-corrected chi connectivity index (χ0v) is 16.0.